The Kier molecular flexibility index (Phi) is 6.56. The van der Waals surface area contributed by atoms with Crippen molar-refractivity contribution in [3.8, 4) is 0 Å². The van der Waals surface area contributed by atoms with Crippen LogP contribution < -0.4 is 5.32 Å². The minimum absolute atomic E-state index is 0.0464. The summed E-state index contributed by atoms with van der Waals surface area (Å²) in [5.74, 6) is 0.829. The molecule has 1 fully saturated rings. The van der Waals surface area contributed by atoms with Crippen molar-refractivity contribution in [2.75, 3.05) is 33.4 Å². The zero-order valence-corrected chi connectivity index (χ0v) is 14.1. The number of hydrogen-bond donors (Lipinski definition) is 3. The normalized spacial score (nSPS) is 22.7. The molecule has 23 heavy (non-hydrogen) atoms. The zero-order valence-electron chi connectivity index (χ0n) is 14.1. The molecule has 2 rings (SSSR count). The number of nitrogens with one attached hydrogen (secondary N) is 2. The molecule has 0 spiro atoms. The van der Waals surface area contributed by atoms with Gasteiger partial charge in [-0.05, 0) is 6.42 Å². The van der Waals surface area contributed by atoms with Gasteiger partial charge in [0.15, 0.2) is 0 Å². The number of carbonyl (C=O) groups excluding carboxylic acids is 1. The van der Waals surface area contributed by atoms with Gasteiger partial charge in [0.2, 0.25) is 5.91 Å². The maximum atomic E-state index is 11.6. The van der Waals surface area contributed by atoms with Gasteiger partial charge in [0.05, 0.1) is 19.6 Å². The van der Waals surface area contributed by atoms with Crippen LogP contribution in [0.3, 0.4) is 0 Å². The third kappa shape index (κ3) is 5.60. The van der Waals surface area contributed by atoms with Gasteiger partial charge in [-0.1, -0.05) is 13.3 Å². The average molecular weight is 324 g/mol. The number of amides is 1. The summed E-state index contributed by atoms with van der Waals surface area (Å²) in [6.07, 6.45) is 5.13. The number of aromatic nitrogens is 2. The molecule has 1 saturated heterocycles. The van der Waals surface area contributed by atoms with Crippen LogP contribution in [0.4, 0.5) is 0 Å². The van der Waals surface area contributed by atoms with Gasteiger partial charge in [-0.15, -0.1) is 0 Å². The van der Waals surface area contributed by atoms with Gasteiger partial charge in [0, 0.05) is 45.0 Å². The molecule has 0 unspecified atom stereocenters. The van der Waals surface area contributed by atoms with E-state index in [0.29, 0.717) is 19.7 Å². The molecule has 2 heterocycles. The number of nitrogens with zero attached hydrogens (tertiary/aromatic N) is 2. The predicted octanol–water partition coefficient (Wildman–Crippen LogP) is 0.452. The predicted molar refractivity (Wildman–Crippen MR) is 86.9 cm³/mol. The first-order valence-electron chi connectivity index (χ1n) is 8.30. The molecule has 1 aliphatic rings. The van der Waals surface area contributed by atoms with Crippen molar-refractivity contribution in [1.29, 1.82) is 0 Å². The SMILES string of the molecule is CCCCc1ncc(CN2CCOC[C@@](O)(CC(=O)NC)C2)[nH]1. The molecule has 0 bridgehead atoms. The molecule has 0 saturated carbocycles. The van der Waals surface area contributed by atoms with Gasteiger partial charge < -0.3 is 20.1 Å². The Labute approximate surface area is 137 Å². The van der Waals surface area contributed by atoms with Gasteiger partial charge in [0.1, 0.15) is 11.4 Å². The summed E-state index contributed by atoms with van der Waals surface area (Å²) in [6.45, 7) is 4.69. The molecule has 1 aromatic rings. The van der Waals surface area contributed by atoms with E-state index < -0.39 is 5.60 Å². The van der Waals surface area contributed by atoms with Gasteiger partial charge in [-0.3, -0.25) is 9.69 Å². The van der Waals surface area contributed by atoms with Crippen molar-refractivity contribution < 1.29 is 14.6 Å². The van der Waals surface area contributed by atoms with Crippen LogP contribution in [0.15, 0.2) is 6.20 Å². The second-order valence-electron chi connectivity index (χ2n) is 6.30. The number of H-pyrrole nitrogens is 1. The van der Waals surface area contributed by atoms with Crippen molar-refractivity contribution in [2.24, 2.45) is 0 Å². The molecular weight excluding hydrogens is 296 g/mol. The Morgan fingerprint density at radius 3 is 3.17 bits per heavy atom. The highest BCUT2D eigenvalue weighted by Crippen LogP contribution is 2.18. The molecule has 1 aliphatic heterocycles. The number of carbonyl (C=O) groups is 1. The third-order valence-electron chi connectivity index (χ3n) is 4.05. The highest BCUT2D eigenvalue weighted by Gasteiger charge is 2.34. The van der Waals surface area contributed by atoms with E-state index in [1.807, 2.05) is 6.20 Å². The highest BCUT2D eigenvalue weighted by molar-refractivity contribution is 5.76. The molecule has 3 N–H and O–H groups in total. The molecule has 7 heteroatoms. The van der Waals surface area contributed by atoms with Crippen LogP contribution in [-0.2, 0) is 22.5 Å². The van der Waals surface area contributed by atoms with Crippen LogP contribution >= 0.6 is 0 Å². The Morgan fingerprint density at radius 1 is 1.61 bits per heavy atom. The number of aliphatic hydroxyl groups is 1. The quantitative estimate of drug-likeness (QED) is 0.677. The van der Waals surface area contributed by atoms with Crippen LogP contribution in [0.1, 0.15) is 37.7 Å². The fourth-order valence-electron chi connectivity index (χ4n) is 2.82. The molecule has 0 aliphatic carbocycles. The minimum Gasteiger partial charge on any atom is -0.386 e. The summed E-state index contributed by atoms with van der Waals surface area (Å²) < 4.78 is 5.48. The van der Waals surface area contributed by atoms with Crippen molar-refractivity contribution in [3.05, 3.63) is 17.7 Å². The van der Waals surface area contributed by atoms with Crippen molar-refractivity contribution in [2.45, 2.75) is 44.8 Å². The maximum absolute atomic E-state index is 11.6. The third-order valence-corrected chi connectivity index (χ3v) is 4.05. The summed E-state index contributed by atoms with van der Waals surface area (Å²) >= 11 is 0. The minimum atomic E-state index is -1.15. The van der Waals surface area contributed by atoms with Crippen molar-refractivity contribution >= 4 is 5.91 Å². The summed E-state index contributed by atoms with van der Waals surface area (Å²) in [5, 5.41) is 13.2. The van der Waals surface area contributed by atoms with Crippen LogP contribution in [0.5, 0.6) is 0 Å². The lowest BCUT2D eigenvalue weighted by molar-refractivity contribution is -0.128. The first-order valence-corrected chi connectivity index (χ1v) is 8.30. The van der Waals surface area contributed by atoms with Crippen molar-refractivity contribution in [1.82, 2.24) is 20.2 Å². The number of rotatable bonds is 7. The zero-order chi connectivity index (χ0) is 16.7. The lowest BCUT2D eigenvalue weighted by Gasteiger charge is -2.29. The molecule has 0 aromatic carbocycles. The van der Waals surface area contributed by atoms with E-state index in [1.165, 1.54) is 0 Å². The number of β-amino-alcohol motifs (C(OH)–C–C–N with tert-alkyl or cyclic N) is 1. The smallest absolute Gasteiger partial charge is 0.222 e. The van der Waals surface area contributed by atoms with Crippen LogP contribution in [-0.4, -0.2) is 64.8 Å². The molecule has 1 amide bonds. The second kappa shape index (κ2) is 8.42. The van der Waals surface area contributed by atoms with Crippen LogP contribution in [0, 0.1) is 0 Å². The van der Waals surface area contributed by atoms with E-state index in [0.717, 1.165) is 37.3 Å². The van der Waals surface area contributed by atoms with Gasteiger partial charge in [0.25, 0.3) is 0 Å². The second-order valence-corrected chi connectivity index (χ2v) is 6.30. The molecule has 130 valence electrons. The van der Waals surface area contributed by atoms with E-state index in [2.05, 4.69) is 27.1 Å². The Hall–Kier alpha value is -1.44. The maximum Gasteiger partial charge on any atom is 0.222 e. The molecule has 1 aromatic heterocycles. The lowest BCUT2D eigenvalue weighted by atomic mass is 9.99. The Morgan fingerprint density at radius 2 is 2.43 bits per heavy atom. The molecular formula is C16H28N4O3. The van der Waals surface area contributed by atoms with Gasteiger partial charge in [-0.2, -0.15) is 0 Å². The molecule has 1 atom stereocenters. The van der Waals surface area contributed by atoms with E-state index in [9.17, 15) is 9.90 Å². The fraction of sp³-hybridized carbons (Fsp3) is 0.750. The number of aryl methyl sites for hydroxylation is 1. The van der Waals surface area contributed by atoms with Gasteiger partial charge >= 0.3 is 0 Å². The van der Waals surface area contributed by atoms with E-state index in [-0.39, 0.29) is 18.9 Å². The number of ether oxygens (including phenoxy) is 1. The summed E-state index contributed by atoms with van der Waals surface area (Å²) in [5.41, 5.74) is -0.123. The average Bonchev–Trinajstić information content (AvgIpc) is 2.88. The van der Waals surface area contributed by atoms with E-state index in [4.69, 9.17) is 4.74 Å². The number of unbranched alkanes of at least 4 members (excludes halogenated alkanes) is 1. The van der Waals surface area contributed by atoms with Crippen molar-refractivity contribution in [3.63, 3.8) is 0 Å². The fourth-order valence-corrected chi connectivity index (χ4v) is 2.82. The van der Waals surface area contributed by atoms with E-state index >= 15 is 0 Å². The van der Waals surface area contributed by atoms with Crippen LogP contribution in [0.2, 0.25) is 0 Å². The van der Waals surface area contributed by atoms with Gasteiger partial charge in [-0.25, -0.2) is 4.98 Å². The monoisotopic (exact) mass is 324 g/mol. The topological polar surface area (TPSA) is 90.5 Å². The number of imidazole rings is 1. The summed E-state index contributed by atoms with van der Waals surface area (Å²) in [4.78, 5) is 21.5. The van der Waals surface area contributed by atoms with E-state index in [1.54, 1.807) is 7.05 Å². The largest absolute Gasteiger partial charge is 0.386 e. The van der Waals surface area contributed by atoms with Crippen LogP contribution in [0.25, 0.3) is 0 Å². The molecule has 0 radical (unpaired) electrons. The Bertz CT molecular complexity index is 505. The molecule has 7 nitrogen and oxygen atoms in total. The lowest BCUT2D eigenvalue weighted by Crippen LogP contribution is -2.47. The number of aromatic amines is 1. The standard InChI is InChI=1S/C16H28N4O3/c1-3-4-5-14-18-9-13(19-14)10-20-6-7-23-12-16(22,11-20)8-15(21)17-2/h9,22H,3-8,10-12H2,1-2H3,(H,17,21)(H,18,19)/t16-/m1/s1. The first kappa shape index (κ1) is 17.9. The summed E-state index contributed by atoms with van der Waals surface area (Å²) in [6, 6.07) is 0. The Balaban J connectivity index is 1.95. The summed E-state index contributed by atoms with van der Waals surface area (Å²) in [7, 11) is 1.57. The first-order chi connectivity index (χ1) is 11.0. The number of hydrogen-bond acceptors (Lipinski definition) is 5. The highest BCUT2D eigenvalue weighted by atomic mass is 16.5.